The van der Waals surface area contributed by atoms with E-state index in [1.165, 1.54) is 40.5 Å². The number of aromatic nitrogens is 1. The maximum atomic E-state index is 12.9. The molecule has 1 saturated carbocycles. The van der Waals surface area contributed by atoms with Crippen LogP contribution in [0.3, 0.4) is 0 Å². The number of likely N-dealkylation sites (tertiary alicyclic amines) is 1. The van der Waals surface area contributed by atoms with Crippen molar-refractivity contribution in [3.05, 3.63) is 64.3 Å². The fourth-order valence-electron chi connectivity index (χ4n) is 7.95. The van der Waals surface area contributed by atoms with Crippen molar-refractivity contribution >= 4 is 10.9 Å². The summed E-state index contributed by atoms with van der Waals surface area (Å²) in [5.41, 5.74) is 5.56. The lowest BCUT2D eigenvalue weighted by molar-refractivity contribution is -0.173. The summed E-state index contributed by atoms with van der Waals surface area (Å²) in [6.45, 7) is 8.30. The van der Waals surface area contributed by atoms with E-state index in [4.69, 9.17) is 14.5 Å². The summed E-state index contributed by atoms with van der Waals surface area (Å²) >= 11 is 0. The third-order valence-electron chi connectivity index (χ3n) is 9.72. The molecular weight excluding hydrogens is 448 g/mol. The predicted molar refractivity (Wildman–Crippen MR) is 141 cm³/mol. The molecule has 3 heterocycles. The van der Waals surface area contributed by atoms with Gasteiger partial charge in [-0.25, -0.2) is 4.98 Å². The van der Waals surface area contributed by atoms with Crippen LogP contribution in [0.15, 0.2) is 36.4 Å². The summed E-state index contributed by atoms with van der Waals surface area (Å²) in [5, 5.41) is 14.1. The lowest BCUT2D eigenvalue weighted by atomic mass is 9.48. The average molecular weight is 485 g/mol. The zero-order valence-electron chi connectivity index (χ0n) is 21.8. The number of hydrogen-bond donors (Lipinski definition) is 1. The van der Waals surface area contributed by atoms with Crippen LogP contribution < -0.4 is 9.47 Å². The summed E-state index contributed by atoms with van der Waals surface area (Å²) in [4.78, 5) is 7.82. The smallest absolute Gasteiger partial charge is 0.166 e. The molecule has 1 N–H and O–H groups in total. The Bertz CT molecular complexity index is 1380. The highest BCUT2D eigenvalue weighted by Crippen LogP contribution is 2.69. The lowest BCUT2D eigenvalue weighted by Crippen LogP contribution is -2.74. The molecule has 8 rings (SSSR count). The number of pyridine rings is 1. The number of methoxy groups -OCH3 is 1. The molecule has 2 unspecified atom stereocenters. The van der Waals surface area contributed by atoms with Crippen LogP contribution in [0.2, 0.25) is 0 Å². The van der Waals surface area contributed by atoms with E-state index in [0.717, 1.165) is 54.6 Å². The maximum Gasteiger partial charge on any atom is 0.166 e. The van der Waals surface area contributed by atoms with E-state index in [2.05, 4.69) is 42.2 Å². The minimum absolute atomic E-state index is 0.0961. The monoisotopic (exact) mass is 484 g/mol. The number of rotatable bonds is 3. The molecule has 5 aliphatic rings. The van der Waals surface area contributed by atoms with Crippen LogP contribution in [0.4, 0.5) is 0 Å². The number of ether oxygens (including phenoxy) is 2. The Kier molecular flexibility index (Phi) is 4.82. The molecule has 2 bridgehead atoms. The van der Waals surface area contributed by atoms with Crippen molar-refractivity contribution in [2.75, 3.05) is 20.2 Å². The summed E-state index contributed by atoms with van der Waals surface area (Å²) in [6.07, 6.45) is 4.75. The number of aryl methyl sites for hydroxylation is 1. The van der Waals surface area contributed by atoms with Gasteiger partial charge >= 0.3 is 0 Å². The standard InChI is InChI=1S/C29H30N2O3.C2H6/c1-16-19-5-3-4-6-21(19)30-25-20(16)14-29(32)23-13-18-9-10-22(33-2)26-24(18)28(29,27(25)34-26)11-12-31(23)15-17-7-8-17;1-2/h3-6,9-10,17,23,27,32H,7-8,11-15H2,1-2H3;1-2H3/t23-,27?,28+,29?;/m1./s1. The minimum atomic E-state index is -0.892. The molecule has 3 aliphatic carbocycles. The predicted octanol–water partition coefficient (Wildman–Crippen LogP) is 5.28. The maximum absolute atomic E-state index is 12.9. The second-order valence-electron chi connectivity index (χ2n) is 11.2. The molecular formula is C31H36N2O3. The fourth-order valence-corrected chi connectivity index (χ4v) is 7.95. The van der Waals surface area contributed by atoms with Gasteiger partial charge in [-0.1, -0.05) is 38.1 Å². The Hall–Kier alpha value is -2.63. The Balaban J connectivity index is 0.00000108. The van der Waals surface area contributed by atoms with Gasteiger partial charge in [0.15, 0.2) is 17.6 Å². The van der Waals surface area contributed by atoms with Crippen molar-refractivity contribution < 1.29 is 14.6 Å². The van der Waals surface area contributed by atoms with E-state index in [0.29, 0.717) is 6.42 Å². The summed E-state index contributed by atoms with van der Waals surface area (Å²) in [5.74, 6) is 2.39. The quantitative estimate of drug-likeness (QED) is 0.548. The van der Waals surface area contributed by atoms with Gasteiger partial charge in [-0.15, -0.1) is 0 Å². The molecule has 36 heavy (non-hydrogen) atoms. The first kappa shape index (κ1) is 22.6. The second kappa shape index (κ2) is 7.69. The van der Waals surface area contributed by atoms with Gasteiger partial charge in [-0.3, -0.25) is 4.90 Å². The largest absolute Gasteiger partial charge is 0.493 e. The minimum Gasteiger partial charge on any atom is -0.493 e. The van der Waals surface area contributed by atoms with Crippen LogP contribution in [-0.2, 0) is 18.3 Å². The van der Waals surface area contributed by atoms with Gasteiger partial charge in [0.05, 0.1) is 29.3 Å². The topological polar surface area (TPSA) is 54.8 Å². The van der Waals surface area contributed by atoms with Crippen LogP contribution in [0.1, 0.15) is 67.2 Å². The van der Waals surface area contributed by atoms with E-state index in [9.17, 15) is 5.11 Å². The Morgan fingerprint density at radius 1 is 1.17 bits per heavy atom. The Labute approximate surface area is 213 Å². The van der Waals surface area contributed by atoms with Crippen LogP contribution >= 0.6 is 0 Å². The molecule has 0 amide bonds. The van der Waals surface area contributed by atoms with Crippen LogP contribution in [0.25, 0.3) is 10.9 Å². The normalized spacial score (nSPS) is 31.1. The zero-order valence-corrected chi connectivity index (χ0v) is 21.8. The summed E-state index contributed by atoms with van der Waals surface area (Å²) in [7, 11) is 1.71. The van der Waals surface area contributed by atoms with Gasteiger partial charge < -0.3 is 14.6 Å². The van der Waals surface area contributed by atoms with E-state index in [1.807, 2.05) is 19.9 Å². The first-order valence-electron chi connectivity index (χ1n) is 13.8. The van der Waals surface area contributed by atoms with Gasteiger partial charge in [-0.2, -0.15) is 0 Å². The number of para-hydroxylation sites is 1. The Morgan fingerprint density at radius 2 is 1.97 bits per heavy atom. The molecule has 5 nitrogen and oxygen atoms in total. The van der Waals surface area contributed by atoms with Crippen LogP contribution in [-0.4, -0.2) is 46.8 Å². The molecule has 2 aliphatic heterocycles. The molecule has 2 aromatic carbocycles. The first-order chi connectivity index (χ1) is 17.5. The van der Waals surface area contributed by atoms with E-state index in [-0.39, 0.29) is 12.1 Å². The molecule has 1 saturated heterocycles. The fraction of sp³-hybridized carbons (Fsp3) is 0.516. The third kappa shape index (κ3) is 2.66. The van der Waals surface area contributed by atoms with E-state index >= 15 is 0 Å². The number of nitrogens with zero attached hydrogens (tertiary/aromatic N) is 2. The second-order valence-corrected chi connectivity index (χ2v) is 11.2. The molecule has 1 spiro atoms. The number of piperidine rings is 1. The van der Waals surface area contributed by atoms with Crippen LogP contribution in [0, 0.1) is 12.8 Å². The lowest BCUT2D eigenvalue weighted by Gasteiger charge is -2.63. The van der Waals surface area contributed by atoms with Gasteiger partial charge in [0.1, 0.15) is 0 Å². The molecule has 188 valence electrons. The van der Waals surface area contributed by atoms with Crippen molar-refractivity contribution in [3.63, 3.8) is 0 Å². The third-order valence-corrected chi connectivity index (χ3v) is 9.72. The van der Waals surface area contributed by atoms with Crippen LogP contribution in [0.5, 0.6) is 11.5 Å². The number of benzene rings is 2. The van der Waals surface area contributed by atoms with Gasteiger partial charge in [0, 0.05) is 30.0 Å². The van der Waals surface area contributed by atoms with Crippen molar-refractivity contribution in [1.29, 1.82) is 0 Å². The SMILES string of the molecule is CC.COc1ccc2c3c1OC1c4nc5ccccc5c(C)c4CC4(O)[C@@H](C2)N(CC2CC2)CC[C@]314. The van der Waals surface area contributed by atoms with E-state index < -0.39 is 11.0 Å². The highest BCUT2D eigenvalue weighted by Gasteiger charge is 2.73. The number of fused-ring (bicyclic) bond motifs is 3. The molecule has 0 radical (unpaired) electrons. The van der Waals surface area contributed by atoms with Crippen molar-refractivity contribution in [1.82, 2.24) is 9.88 Å². The summed E-state index contributed by atoms with van der Waals surface area (Å²) in [6, 6.07) is 12.7. The van der Waals surface area contributed by atoms with Crippen molar-refractivity contribution in [3.8, 4) is 11.5 Å². The molecule has 4 atom stereocenters. The Morgan fingerprint density at radius 3 is 2.75 bits per heavy atom. The van der Waals surface area contributed by atoms with E-state index in [1.54, 1.807) is 7.11 Å². The highest BCUT2D eigenvalue weighted by atomic mass is 16.5. The molecule has 2 fully saturated rings. The van der Waals surface area contributed by atoms with Gasteiger partial charge in [0.25, 0.3) is 0 Å². The highest BCUT2D eigenvalue weighted by molar-refractivity contribution is 5.84. The average Bonchev–Trinajstić information content (AvgIpc) is 3.64. The van der Waals surface area contributed by atoms with Crippen molar-refractivity contribution in [2.45, 2.75) is 76.0 Å². The number of hydrogen-bond acceptors (Lipinski definition) is 5. The number of aliphatic hydroxyl groups is 1. The zero-order chi connectivity index (χ0) is 24.8. The summed E-state index contributed by atoms with van der Waals surface area (Å²) < 4.78 is 12.6. The van der Waals surface area contributed by atoms with Crippen molar-refractivity contribution in [2.24, 2.45) is 5.92 Å². The van der Waals surface area contributed by atoms with Gasteiger partial charge in [0.2, 0.25) is 0 Å². The van der Waals surface area contributed by atoms with Gasteiger partial charge in [-0.05, 0) is 73.9 Å². The first-order valence-corrected chi connectivity index (χ1v) is 13.8. The molecule has 3 aromatic rings. The molecule has 1 aromatic heterocycles. The molecule has 5 heteroatoms.